The van der Waals surface area contributed by atoms with E-state index >= 15 is 0 Å². The number of esters is 1. The predicted octanol–water partition coefficient (Wildman–Crippen LogP) is 3.35. The summed E-state index contributed by atoms with van der Waals surface area (Å²) in [7, 11) is -3.33. The van der Waals surface area contributed by atoms with Crippen LogP contribution in [0.1, 0.15) is 27.8 Å². The monoisotopic (exact) mass is 441 g/mol. The van der Waals surface area contributed by atoms with E-state index in [0.29, 0.717) is 22.6 Å². The number of Topliss-reactive ketones (excluding diaryl/α,β-unsaturated/α-hetero) is 1. The molecule has 0 aliphatic heterocycles. The maximum atomic E-state index is 12.1. The number of furan rings is 1. The molecule has 0 radical (unpaired) electrons. The summed E-state index contributed by atoms with van der Waals surface area (Å²) in [4.78, 5) is 35.6. The van der Waals surface area contributed by atoms with Crippen LogP contribution in [-0.2, 0) is 19.4 Å². The first-order chi connectivity index (χ1) is 14.6. The molecule has 0 saturated carbocycles. The van der Waals surface area contributed by atoms with E-state index in [0.717, 1.165) is 6.26 Å². The number of sulfone groups is 1. The minimum atomic E-state index is -3.33. The van der Waals surface area contributed by atoms with Gasteiger partial charge in [-0.2, -0.15) is 0 Å². The molecule has 8 nitrogen and oxygen atoms in total. The van der Waals surface area contributed by atoms with E-state index < -0.39 is 28.3 Å². The molecule has 3 rings (SSSR count). The Bertz CT molecular complexity index is 1220. The van der Waals surface area contributed by atoms with E-state index in [4.69, 9.17) is 9.15 Å². The molecule has 2 aromatic carbocycles. The average Bonchev–Trinajstić information content (AvgIpc) is 3.22. The Kier molecular flexibility index (Phi) is 6.36. The van der Waals surface area contributed by atoms with Crippen LogP contribution in [0.4, 0.5) is 5.69 Å². The molecule has 9 heteroatoms. The van der Waals surface area contributed by atoms with Crippen LogP contribution >= 0.6 is 0 Å². The number of carbonyl (C=O) groups excluding carboxylic acids is 3. The zero-order valence-corrected chi connectivity index (χ0v) is 17.6. The summed E-state index contributed by atoms with van der Waals surface area (Å²) in [5, 5.41) is 2.50. The molecule has 3 aromatic rings. The molecular formula is C22H19NO7S. The first-order valence-electron chi connectivity index (χ1n) is 9.12. The Labute approximate surface area is 178 Å². The summed E-state index contributed by atoms with van der Waals surface area (Å²) < 4.78 is 33.3. The highest BCUT2D eigenvalue weighted by molar-refractivity contribution is 7.90. The van der Waals surface area contributed by atoms with Gasteiger partial charge in [0.25, 0.3) is 5.91 Å². The number of ketones is 1. The highest BCUT2D eigenvalue weighted by atomic mass is 32.2. The van der Waals surface area contributed by atoms with Gasteiger partial charge < -0.3 is 14.5 Å². The maximum absolute atomic E-state index is 12.1. The Hall–Kier alpha value is -3.72. The van der Waals surface area contributed by atoms with E-state index in [9.17, 15) is 22.8 Å². The van der Waals surface area contributed by atoms with Crippen LogP contribution in [0.3, 0.4) is 0 Å². The van der Waals surface area contributed by atoms with Gasteiger partial charge in [-0.3, -0.25) is 9.59 Å². The third-order valence-electron chi connectivity index (χ3n) is 4.28. The molecule has 0 spiro atoms. The second-order valence-corrected chi connectivity index (χ2v) is 8.73. The van der Waals surface area contributed by atoms with Crippen molar-refractivity contribution in [3.05, 3.63) is 72.0 Å². The van der Waals surface area contributed by atoms with Crippen LogP contribution in [0.25, 0.3) is 11.3 Å². The average molecular weight is 441 g/mol. The summed E-state index contributed by atoms with van der Waals surface area (Å²) in [6, 6.07) is 15.3. The van der Waals surface area contributed by atoms with Crippen molar-refractivity contribution in [1.82, 2.24) is 0 Å². The number of carbonyl (C=O) groups is 3. The van der Waals surface area contributed by atoms with E-state index in [1.807, 2.05) is 0 Å². The molecule has 0 aliphatic carbocycles. The Morgan fingerprint density at radius 1 is 0.935 bits per heavy atom. The fourth-order valence-electron chi connectivity index (χ4n) is 2.66. The molecule has 0 saturated heterocycles. The van der Waals surface area contributed by atoms with Gasteiger partial charge in [0, 0.05) is 23.1 Å². The smallest absolute Gasteiger partial charge is 0.374 e. The van der Waals surface area contributed by atoms with Crippen molar-refractivity contribution < 1.29 is 32.0 Å². The molecule has 160 valence electrons. The summed E-state index contributed by atoms with van der Waals surface area (Å²) in [5.41, 5.74) is 1.61. The first-order valence-corrected chi connectivity index (χ1v) is 11.0. The molecule has 0 fully saturated rings. The third-order valence-corrected chi connectivity index (χ3v) is 5.41. The van der Waals surface area contributed by atoms with Crippen LogP contribution < -0.4 is 5.32 Å². The number of hydrogen-bond acceptors (Lipinski definition) is 7. The van der Waals surface area contributed by atoms with Crippen molar-refractivity contribution in [2.75, 3.05) is 18.2 Å². The van der Waals surface area contributed by atoms with Gasteiger partial charge >= 0.3 is 5.97 Å². The van der Waals surface area contributed by atoms with Gasteiger partial charge in [0.1, 0.15) is 5.76 Å². The number of amides is 1. The molecule has 0 aliphatic rings. The standard InChI is InChI=1S/C22H19NO7S/c1-14(24)15-3-5-16(6-4-15)19-11-12-20(30-19)22(26)29-13-21(25)23-17-7-9-18(10-8-17)31(2,27)28/h3-12H,13H2,1-2H3,(H,23,25). The van der Waals surface area contributed by atoms with Crippen LogP contribution in [0, 0.1) is 0 Å². The molecule has 1 heterocycles. The molecule has 1 N–H and O–H groups in total. The Morgan fingerprint density at radius 3 is 2.16 bits per heavy atom. The normalized spacial score (nSPS) is 11.0. The molecule has 0 bridgehead atoms. The van der Waals surface area contributed by atoms with E-state index in [1.165, 1.54) is 37.3 Å². The fourth-order valence-corrected chi connectivity index (χ4v) is 3.29. The Balaban J connectivity index is 1.56. The minimum Gasteiger partial charge on any atom is -0.450 e. The van der Waals surface area contributed by atoms with E-state index in [-0.39, 0.29) is 16.4 Å². The van der Waals surface area contributed by atoms with Crippen molar-refractivity contribution in [2.24, 2.45) is 0 Å². The van der Waals surface area contributed by atoms with Gasteiger partial charge in [0.05, 0.1) is 4.90 Å². The summed E-state index contributed by atoms with van der Waals surface area (Å²) in [6.07, 6.45) is 1.08. The summed E-state index contributed by atoms with van der Waals surface area (Å²) >= 11 is 0. The SMILES string of the molecule is CC(=O)c1ccc(-c2ccc(C(=O)OCC(=O)Nc3ccc(S(C)(=O)=O)cc3)o2)cc1. The fraction of sp³-hybridized carbons (Fsp3) is 0.136. The molecule has 1 amide bonds. The lowest BCUT2D eigenvalue weighted by atomic mass is 10.1. The minimum absolute atomic E-state index is 0.0557. The highest BCUT2D eigenvalue weighted by Crippen LogP contribution is 2.23. The van der Waals surface area contributed by atoms with E-state index in [2.05, 4.69) is 5.32 Å². The summed E-state index contributed by atoms with van der Waals surface area (Å²) in [6.45, 7) is 0.923. The van der Waals surface area contributed by atoms with Crippen LogP contribution in [0.2, 0.25) is 0 Å². The van der Waals surface area contributed by atoms with Crippen molar-refractivity contribution in [1.29, 1.82) is 0 Å². The Morgan fingerprint density at radius 2 is 1.58 bits per heavy atom. The number of anilines is 1. The lowest BCUT2D eigenvalue weighted by Crippen LogP contribution is -2.20. The number of ether oxygens (including phenoxy) is 1. The molecule has 0 unspecified atom stereocenters. The van der Waals surface area contributed by atoms with Gasteiger partial charge in [0.2, 0.25) is 5.76 Å². The molecular weight excluding hydrogens is 422 g/mol. The lowest BCUT2D eigenvalue weighted by molar-refractivity contribution is -0.119. The van der Waals surface area contributed by atoms with Crippen molar-refractivity contribution in [2.45, 2.75) is 11.8 Å². The molecule has 0 atom stereocenters. The summed E-state index contributed by atoms with van der Waals surface area (Å²) in [5.74, 6) is -1.12. The van der Waals surface area contributed by atoms with Gasteiger partial charge in [-0.15, -0.1) is 0 Å². The van der Waals surface area contributed by atoms with E-state index in [1.54, 1.807) is 30.3 Å². The van der Waals surface area contributed by atoms with Crippen molar-refractivity contribution >= 4 is 33.2 Å². The third kappa shape index (κ3) is 5.67. The van der Waals surface area contributed by atoms with Crippen LogP contribution in [-0.4, -0.2) is 38.9 Å². The van der Waals surface area contributed by atoms with Crippen molar-refractivity contribution in [3.63, 3.8) is 0 Å². The van der Waals surface area contributed by atoms with Gasteiger partial charge in [0.15, 0.2) is 22.2 Å². The number of benzene rings is 2. The van der Waals surface area contributed by atoms with Crippen molar-refractivity contribution in [3.8, 4) is 11.3 Å². The number of rotatable bonds is 7. The number of nitrogens with one attached hydrogen (secondary N) is 1. The van der Waals surface area contributed by atoms with Gasteiger partial charge in [-0.05, 0) is 43.3 Å². The predicted molar refractivity (Wildman–Crippen MR) is 113 cm³/mol. The molecule has 31 heavy (non-hydrogen) atoms. The first kappa shape index (κ1) is 22.0. The maximum Gasteiger partial charge on any atom is 0.374 e. The largest absolute Gasteiger partial charge is 0.450 e. The van der Waals surface area contributed by atoms with Crippen LogP contribution in [0.5, 0.6) is 0 Å². The number of hydrogen-bond donors (Lipinski definition) is 1. The topological polar surface area (TPSA) is 120 Å². The van der Waals surface area contributed by atoms with Crippen LogP contribution in [0.15, 0.2) is 70.0 Å². The molecule has 1 aromatic heterocycles. The van der Waals surface area contributed by atoms with Gasteiger partial charge in [-0.1, -0.05) is 24.3 Å². The van der Waals surface area contributed by atoms with Gasteiger partial charge in [-0.25, -0.2) is 13.2 Å². The lowest BCUT2D eigenvalue weighted by Gasteiger charge is -2.06. The second-order valence-electron chi connectivity index (χ2n) is 6.72. The zero-order valence-electron chi connectivity index (χ0n) is 16.7. The highest BCUT2D eigenvalue weighted by Gasteiger charge is 2.16. The quantitative estimate of drug-likeness (QED) is 0.441. The second kappa shape index (κ2) is 8.97. The zero-order chi connectivity index (χ0) is 22.6.